The lowest BCUT2D eigenvalue weighted by Crippen LogP contribution is -2.45. The van der Waals surface area contributed by atoms with Crippen LogP contribution in [0.25, 0.3) is 0 Å². The van der Waals surface area contributed by atoms with E-state index in [1.807, 2.05) is 12.3 Å². The maximum absolute atomic E-state index is 5.47. The normalized spacial score (nSPS) is 17.2. The molecule has 1 aromatic rings. The third-order valence-corrected chi connectivity index (χ3v) is 2.45. The van der Waals surface area contributed by atoms with Crippen molar-refractivity contribution in [3.63, 3.8) is 0 Å². The molecule has 2 rings (SSSR count). The van der Waals surface area contributed by atoms with Crippen LogP contribution >= 0.6 is 0 Å². The van der Waals surface area contributed by atoms with E-state index in [-0.39, 0.29) is 0 Å². The van der Waals surface area contributed by atoms with Crippen molar-refractivity contribution in [3.05, 3.63) is 24.0 Å². The first-order chi connectivity index (χ1) is 6.29. The van der Waals surface area contributed by atoms with Gasteiger partial charge in [-0.05, 0) is 18.1 Å². The van der Waals surface area contributed by atoms with E-state index in [1.54, 1.807) is 0 Å². The molecule has 3 heteroatoms. The van der Waals surface area contributed by atoms with Crippen LogP contribution in [0, 0.1) is 5.92 Å². The molecule has 0 saturated carbocycles. The molecule has 1 aliphatic rings. The van der Waals surface area contributed by atoms with E-state index in [9.17, 15) is 0 Å². The van der Waals surface area contributed by atoms with Crippen LogP contribution in [0.4, 0.5) is 5.69 Å². The van der Waals surface area contributed by atoms with Crippen LogP contribution in [0.2, 0.25) is 0 Å². The molecule has 1 saturated heterocycles. The van der Waals surface area contributed by atoms with Gasteiger partial charge in [0.1, 0.15) is 0 Å². The van der Waals surface area contributed by atoms with Gasteiger partial charge in [-0.25, -0.2) is 0 Å². The molecule has 0 aliphatic carbocycles. The minimum Gasteiger partial charge on any atom is -0.370 e. The molecular weight excluding hydrogens is 162 g/mol. The van der Waals surface area contributed by atoms with Gasteiger partial charge in [-0.1, -0.05) is 6.92 Å². The molecule has 0 amide bonds. The number of pyridine rings is 1. The van der Waals surface area contributed by atoms with Gasteiger partial charge < -0.3 is 10.6 Å². The molecule has 0 unspecified atom stereocenters. The summed E-state index contributed by atoms with van der Waals surface area (Å²) in [5.41, 5.74) is 7.64. The summed E-state index contributed by atoms with van der Waals surface area (Å²) in [6.45, 7) is 5.10. The molecule has 0 atom stereocenters. The lowest BCUT2D eigenvalue weighted by molar-refractivity contribution is 0.447. The molecule has 0 bridgehead atoms. The topological polar surface area (TPSA) is 42.1 Å². The van der Waals surface area contributed by atoms with Crippen molar-refractivity contribution in [1.82, 2.24) is 4.98 Å². The van der Waals surface area contributed by atoms with Gasteiger partial charge in [-0.15, -0.1) is 0 Å². The SMILES string of the molecule is CC1CN(c2ccc(CN)nc2)C1. The number of hydrogen-bond donors (Lipinski definition) is 1. The third kappa shape index (κ3) is 1.65. The maximum atomic E-state index is 5.47. The minimum absolute atomic E-state index is 0.524. The second-order valence-corrected chi connectivity index (χ2v) is 3.72. The van der Waals surface area contributed by atoms with E-state index >= 15 is 0 Å². The van der Waals surface area contributed by atoms with Gasteiger partial charge in [-0.3, -0.25) is 4.98 Å². The summed E-state index contributed by atoms with van der Waals surface area (Å²) in [4.78, 5) is 6.59. The third-order valence-electron chi connectivity index (χ3n) is 2.45. The molecular formula is C10H15N3. The summed E-state index contributed by atoms with van der Waals surface area (Å²) >= 11 is 0. The Morgan fingerprint density at radius 1 is 1.54 bits per heavy atom. The number of rotatable bonds is 2. The molecule has 1 aliphatic heterocycles. The Bertz CT molecular complexity index is 275. The summed E-state index contributed by atoms with van der Waals surface area (Å²) in [5, 5.41) is 0. The fourth-order valence-electron chi connectivity index (χ4n) is 1.63. The van der Waals surface area contributed by atoms with Gasteiger partial charge in [0, 0.05) is 19.6 Å². The number of nitrogens with zero attached hydrogens (tertiary/aromatic N) is 2. The molecule has 70 valence electrons. The van der Waals surface area contributed by atoms with Crippen LogP contribution in [0.3, 0.4) is 0 Å². The first kappa shape index (κ1) is 8.51. The Morgan fingerprint density at radius 2 is 2.31 bits per heavy atom. The quantitative estimate of drug-likeness (QED) is 0.732. The predicted octanol–water partition coefficient (Wildman–Crippen LogP) is 0.996. The van der Waals surface area contributed by atoms with Crippen LogP contribution in [-0.2, 0) is 6.54 Å². The van der Waals surface area contributed by atoms with Crippen molar-refractivity contribution in [1.29, 1.82) is 0 Å². The average molecular weight is 177 g/mol. The van der Waals surface area contributed by atoms with Crippen molar-refractivity contribution in [2.45, 2.75) is 13.5 Å². The fourth-order valence-corrected chi connectivity index (χ4v) is 1.63. The Hall–Kier alpha value is -1.09. The Balaban J connectivity index is 2.06. The summed E-state index contributed by atoms with van der Waals surface area (Å²) in [6, 6.07) is 4.10. The fraction of sp³-hybridized carbons (Fsp3) is 0.500. The Kier molecular flexibility index (Phi) is 2.19. The first-order valence-corrected chi connectivity index (χ1v) is 4.69. The van der Waals surface area contributed by atoms with Crippen molar-refractivity contribution >= 4 is 5.69 Å². The number of anilines is 1. The Morgan fingerprint density at radius 3 is 2.77 bits per heavy atom. The van der Waals surface area contributed by atoms with Gasteiger partial charge in [0.05, 0.1) is 17.6 Å². The molecule has 2 N–H and O–H groups in total. The highest BCUT2D eigenvalue weighted by Gasteiger charge is 2.22. The summed E-state index contributed by atoms with van der Waals surface area (Å²) in [6.07, 6.45) is 1.91. The van der Waals surface area contributed by atoms with Crippen molar-refractivity contribution in [2.75, 3.05) is 18.0 Å². The molecule has 0 aromatic carbocycles. The zero-order chi connectivity index (χ0) is 9.26. The molecule has 0 spiro atoms. The Labute approximate surface area is 78.6 Å². The summed E-state index contributed by atoms with van der Waals surface area (Å²) in [7, 11) is 0. The lowest BCUT2D eigenvalue weighted by atomic mass is 10.0. The monoisotopic (exact) mass is 177 g/mol. The van der Waals surface area contributed by atoms with Gasteiger partial charge in [0.2, 0.25) is 0 Å². The van der Waals surface area contributed by atoms with E-state index in [1.165, 1.54) is 5.69 Å². The predicted molar refractivity (Wildman–Crippen MR) is 53.5 cm³/mol. The van der Waals surface area contributed by atoms with Crippen molar-refractivity contribution in [3.8, 4) is 0 Å². The zero-order valence-electron chi connectivity index (χ0n) is 7.90. The van der Waals surface area contributed by atoms with E-state index in [4.69, 9.17) is 5.73 Å². The number of hydrogen-bond acceptors (Lipinski definition) is 3. The summed E-state index contributed by atoms with van der Waals surface area (Å²) < 4.78 is 0. The van der Waals surface area contributed by atoms with Gasteiger partial charge >= 0.3 is 0 Å². The minimum atomic E-state index is 0.524. The first-order valence-electron chi connectivity index (χ1n) is 4.69. The van der Waals surface area contributed by atoms with E-state index in [2.05, 4.69) is 22.9 Å². The molecule has 0 radical (unpaired) electrons. The number of aromatic nitrogens is 1. The average Bonchev–Trinajstić information content (AvgIpc) is 2.13. The molecule has 3 nitrogen and oxygen atoms in total. The number of nitrogens with two attached hydrogens (primary N) is 1. The molecule has 1 fully saturated rings. The van der Waals surface area contributed by atoms with Crippen LogP contribution in [-0.4, -0.2) is 18.1 Å². The van der Waals surface area contributed by atoms with Crippen LogP contribution in [0.15, 0.2) is 18.3 Å². The highest BCUT2D eigenvalue weighted by Crippen LogP contribution is 2.22. The van der Waals surface area contributed by atoms with Crippen LogP contribution in [0.1, 0.15) is 12.6 Å². The second kappa shape index (κ2) is 3.34. The van der Waals surface area contributed by atoms with E-state index < -0.39 is 0 Å². The zero-order valence-corrected chi connectivity index (χ0v) is 7.90. The van der Waals surface area contributed by atoms with Crippen molar-refractivity contribution < 1.29 is 0 Å². The highest BCUT2D eigenvalue weighted by molar-refractivity contribution is 5.46. The highest BCUT2D eigenvalue weighted by atomic mass is 15.2. The smallest absolute Gasteiger partial charge is 0.0553 e. The van der Waals surface area contributed by atoms with Gasteiger partial charge in [0.25, 0.3) is 0 Å². The second-order valence-electron chi connectivity index (χ2n) is 3.72. The molecule has 2 heterocycles. The maximum Gasteiger partial charge on any atom is 0.0553 e. The summed E-state index contributed by atoms with van der Waals surface area (Å²) in [5.74, 6) is 0.828. The van der Waals surface area contributed by atoms with Crippen LogP contribution in [0.5, 0.6) is 0 Å². The van der Waals surface area contributed by atoms with E-state index in [0.717, 1.165) is 24.7 Å². The molecule has 13 heavy (non-hydrogen) atoms. The largest absolute Gasteiger partial charge is 0.370 e. The standard InChI is InChI=1S/C10H15N3/c1-8-6-13(7-8)10-3-2-9(4-11)12-5-10/h2-3,5,8H,4,6-7,11H2,1H3. The van der Waals surface area contributed by atoms with Gasteiger partial charge in [0.15, 0.2) is 0 Å². The molecule has 1 aromatic heterocycles. The van der Waals surface area contributed by atoms with E-state index in [0.29, 0.717) is 6.54 Å². The van der Waals surface area contributed by atoms with Crippen LogP contribution < -0.4 is 10.6 Å². The lowest BCUT2D eigenvalue weighted by Gasteiger charge is -2.38. The van der Waals surface area contributed by atoms with Crippen molar-refractivity contribution in [2.24, 2.45) is 11.7 Å². The van der Waals surface area contributed by atoms with Gasteiger partial charge in [-0.2, -0.15) is 0 Å².